The number of carboxylic acids is 1. The summed E-state index contributed by atoms with van der Waals surface area (Å²) in [6.07, 6.45) is 1.64. The minimum atomic E-state index is -0.974. The maximum atomic E-state index is 12.0. The molecule has 1 fully saturated rings. The molecular weight excluding hydrogens is 254 g/mol. The SMILES string of the molecule is Cc1ncccc1NC(=O)N1CSCC1C(=O)O. The zero-order chi connectivity index (χ0) is 13.1. The Morgan fingerprint density at radius 1 is 1.61 bits per heavy atom. The average Bonchev–Trinajstić information content (AvgIpc) is 2.81. The third kappa shape index (κ3) is 2.56. The van der Waals surface area contributed by atoms with Crippen LogP contribution in [0.2, 0.25) is 0 Å². The number of rotatable bonds is 2. The molecule has 0 aliphatic carbocycles. The van der Waals surface area contributed by atoms with Gasteiger partial charge in [0, 0.05) is 11.9 Å². The summed E-state index contributed by atoms with van der Waals surface area (Å²) in [5, 5.41) is 11.7. The number of hydrogen-bond donors (Lipinski definition) is 2. The highest BCUT2D eigenvalue weighted by Crippen LogP contribution is 2.22. The highest BCUT2D eigenvalue weighted by atomic mass is 32.2. The summed E-state index contributed by atoms with van der Waals surface area (Å²) in [6, 6.07) is 2.30. The van der Waals surface area contributed by atoms with Crippen molar-refractivity contribution in [3.8, 4) is 0 Å². The molecule has 0 radical (unpaired) electrons. The monoisotopic (exact) mass is 267 g/mol. The molecule has 2 heterocycles. The molecule has 0 saturated carbocycles. The lowest BCUT2D eigenvalue weighted by Gasteiger charge is -2.21. The molecule has 96 valence electrons. The van der Waals surface area contributed by atoms with Gasteiger partial charge in [-0.15, -0.1) is 11.8 Å². The van der Waals surface area contributed by atoms with Crippen LogP contribution >= 0.6 is 11.8 Å². The van der Waals surface area contributed by atoms with E-state index < -0.39 is 18.0 Å². The second-order valence-corrected chi connectivity index (χ2v) is 4.89. The number of pyridine rings is 1. The number of nitrogens with one attached hydrogen (secondary N) is 1. The normalized spacial score (nSPS) is 18.7. The van der Waals surface area contributed by atoms with Crippen LogP contribution in [0.15, 0.2) is 18.3 Å². The number of aromatic nitrogens is 1. The Hall–Kier alpha value is -1.76. The maximum Gasteiger partial charge on any atom is 0.327 e. The molecule has 0 aromatic carbocycles. The van der Waals surface area contributed by atoms with Crippen molar-refractivity contribution in [1.29, 1.82) is 0 Å². The number of aliphatic carboxylic acids is 1. The highest BCUT2D eigenvalue weighted by Gasteiger charge is 2.34. The zero-order valence-electron chi connectivity index (χ0n) is 9.79. The van der Waals surface area contributed by atoms with E-state index in [1.807, 2.05) is 0 Å². The minimum Gasteiger partial charge on any atom is -0.480 e. The third-order valence-corrected chi connectivity index (χ3v) is 3.69. The van der Waals surface area contributed by atoms with E-state index in [1.165, 1.54) is 16.7 Å². The number of thioether (sulfide) groups is 1. The molecule has 0 bridgehead atoms. The molecule has 1 atom stereocenters. The Kier molecular flexibility index (Phi) is 3.71. The average molecular weight is 267 g/mol. The molecular formula is C11H13N3O3S. The lowest BCUT2D eigenvalue weighted by atomic mass is 10.3. The van der Waals surface area contributed by atoms with Crippen LogP contribution < -0.4 is 5.32 Å². The van der Waals surface area contributed by atoms with Crippen LogP contribution in [0, 0.1) is 6.92 Å². The Bertz CT molecular complexity index is 480. The van der Waals surface area contributed by atoms with E-state index >= 15 is 0 Å². The van der Waals surface area contributed by atoms with Crippen LogP contribution in [0.3, 0.4) is 0 Å². The molecule has 18 heavy (non-hydrogen) atoms. The molecule has 1 aromatic rings. The standard InChI is InChI=1S/C11H13N3O3S/c1-7-8(3-2-4-12-7)13-11(17)14-6-18-5-9(14)10(15)16/h2-4,9H,5-6H2,1H3,(H,13,17)(H,15,16). The quantitative estimate of drug-likeness (QED) is 0.846. The Morgan fingerprint density at radius 2 is 2.39 bits per heavy atom. The number of hydrogen-bond acceptors (Lipinski definition) is 4. The smallest absolute Gasteiger partial charge is 0.327 e. The van der Waals surface area contributed by atoms with Gasteiger partial charge >= 0.3 is 12.0 Å². The number of aryl methyl sites for hydroxylation is 1. The first-order valence-electron chi connectivity index (χ1n) is 5.39. The first-order chi connectivity index (χ1) is 8.59. The minimum absolute atomic E-state index is 0.391. The van der Waals surface area contributed by atoms with Crippen LogP contribution in [0.25, 0.3) is 0 Å². The van der Waals surface area contributed by atoms with Crippen LogP contribution in [-0.2, 0) is 4.79 Å². The molecule has 0 spiro atoms. The highest BCUT2D eigenvalue weighted by molar-refractivity contribution is 7.99. The van der Waals surface area contributed by atoms with E-state index in [0.29, 0.717) is 23.0 Å². The van der Waals surface area contributed by atoms with Gasteiger partial charge in [-0.1, -0.05) is 0 Å². The summed E-state index contributed by atoms with van der Waals surface area (Å²) in [5.41, 5.74) is 1.30. The van der Waals surface area contributed by atoms with E-state index in [1.54, 1.807) is 25.3 Å². The Balaban J connectivity index is 2.08. The number of carbonyl (C=O) groups is 2. The van der Waals surface area contributed by atoms with Crippen molar-refractivity contribution in [1.82, 2.24) is 9.88 Å². The summed E-state index contributed by atoms with van der Waals surface area (Å²) >= 11 is 1.43. The van der Waals surface area contributed by atoms with E-state index in [4.69, 9.17) is 5.11 Å². The molecule has 1 saturated heterocycles. The number of carbonyl (C=O) groups excluding carboxylic acids is 1. The molecule has 1 aromatic heterocycles. The molecule has 1 unspecified atom stereocenters. The molecule has 7 heteroatoms. The number of urea groups is 1. The molecule has 1 aliphatic heterocycles. The van der Waals surface area contributed by atoms with Gasteiger partial charge in [0.2, 0.25) is 0 Å². The maximum absolute atomic E-state index is 12.0. The fraction of sp³-hybridized carbons (Fsp3) is 0.364. The lowest BCUT2D eigenvalue weighted by Crippen LogP contribution is -2.44. The van der Waals surface area contributed by atoms with Gasteiger partial charge in [-0.05, 0) is 19.1 Å². The predicted octanol–water partition coefficient (Wildman–Crippen LogP) is 1.38. The van der Waals surface area contributed by atoms with Gasteiger partial charge < -0.3 is 15.3 Å². The van der Waals surface area contributed by atoms with Crippen molar-refractivity contribution >= 4 is 29.4 Å². The van der Waals surface area contributed by atoms with Crippen LogP contribution in [0.5, 0.6) is 0 Å². The fourth-order valence-corrected chi connectivity index (χ4v) is 2.80. The first kappa shape index (κ1) is 12.7. The number of anilines is 1. The number of carboxylic acid groups (broad SMARTS) is 1. The van der Waals surface area contributed by atoms with Crippen molar-refractivity contribution in [3.05, 3.63) is 24.0 Å². The van der Waals surface area contributed by atoms with Crippen molar-refractivity contribution in [2.45, 2.75) is 13.0 Å². The van der Waals surface area contributed by atoms with E-state index in [-0.39, 0.29) is 0 Å². The van der Waals surface area contributed by atoms with Gasteiger partial charge in [0.25, 0.3) is 0 Å². The van der Waals surface area contributed by atoms with Gasteiger partial charge in [-0.2, -0.15) is 0 Å². The first-order valence-corrected chi connectivity index (χ1v) is 6.55. The topological polar surface area (TPSA) is 82.5 Å². The van der Waals surface area contributed by atoms with Crippen molar-refractivity contribution in [2.24, 2.45) is 0 Å². The summed E-state index contributed by atoms with van der Waals surface area (Å²) in [4.78, 5) is 28.4. The summed E-state index contributed by atoms with van der Waals surface area (Å²) in [6.45, 7) is 1.78. The van der Waals surface area contributed by atoms with Crippen LogP contribution in [0.4, 0.5) is 10.5 Å². The predicted molar refractivity (Wildman–Crippen MR) is 68.6 cm³/mol. The van der Waals surface area contributed by atoms with Gasteiger partial charge in [-0.3, -0.25) is 4.98 Å². The van der Waals surface area contributed by atoms with Gasteiger partial charge in [0.1, 0.15) is 6.04 Å². The number of nitrogens with zero attached hydrogens (tertiary/aromatic N) is 2. The fourth-order valence-electron chi connectivity index (χ4n) is 1.65. The zero-order valence-corrected chi connectivity index (χ0v) is 10.6. The number of amides is 2. The van der Waals surface area contributed by atoms with Gasteiger partial charge in [0.15, 0.2) is 0 Å². The van der Waals surface area contributed by atoms with Crippen molar-refractivity contribution in [2.75, 3.05) is 16.9 Å². The van der Waals surface area contributed by atoms with Crippen LogP contribution in [0.1, 0.15) is 5.69 Å². The second-order valence-electron chi connectivity index (χ2n) is 3.89. The van der Waals surface area contributed by atoms with Gasteiger partial charge in [-0.25, -0.2) is 9.59 Å². The van der Waals surface area contributed by atoms with Gasteiger partial charge in [0.05, 0.1) is 17.3 Å². The summed E-state index contributed by atoms with van der Waals surface area (Å²) in [5.74, 6) is -0.158. The molecule has 1 aliphatic rings. The van der Waals surface area contributed by atoms with E-state index in [9.17, 15) is 9.59 Å². The summed E-state index contributed by atoms with van der Waals surface area (Å²) in [7, 11) is 0. The Labute approximate surface area is 108 Å². The van der Waals surface area contributed by atoms with Crippen molar-refractivity contribution < 1.29 is 14.7 Å². The largest absolute Gasteiger partial charge is 0.480 e. The van der Waals surface area contributed by atoms with E-state index in [2.05, 4.69) is 10.3 Å². The molecule has 2 amide bonds. The lowest BCUT2D eigenvalue weighted by molar-refractivity contribution is -0.140. The van der Waals surface area contributed by atoms with Crippen molar-refractivity contribution in [3.63, 3.8) is 0 Å². The second kappa shape index (κ2) is 5.26. The third-order valence-electron chi connectivity index (χ3n) is 2.68. The Morgan fingerprint density at radius 3 is 3.06 bits per heavy atom. The van der Waals surface area contributed by atoms with Crippen LogP contribution in [-0.4, -0.2) is 44.7 Å². The van der Waals surface area contributed by atoms with E-state index in [0.717, 1.165) is 0 Å². The summed E-state index contributed by atoms with van der Waals surface area (Å²) < 4.78 is 0. The molecule has 6 nitrogen and oxygen atoms in total. The molecule has 2 N–H and O–H groups in total. The molecule has 2 rings (SSSR count).